The Hall–Kier alpha value is -1.25. The summed E-state index contributed by atoms with van der Waals surface area (Å²) < 4.78 is 0. The minimum absolute atomic E-state index is 0.704. The number of benzene rings is 1. The number of halogens is 1. The van der Waals surface area contributed by atoms with Gasteiger partial charge in [0.1, 0.15) is 5.00 Å². The fourth-order valence-electron chi connectivity index (χ4n) is 1.75. The molecule has 15 heavy (non-hydrogen) atoms. The Kier molecular flexibility index (Phi) is 2.55. The van der Waals surface area contributed by atoms with Crippen LogP contribution in [0.25, 0.3) is 5.57 Å². The highest BCUT2D eigenvalue weighted by atomic mass is 35.5. The molecule has 4 N–H and O–H groups in total. The van der Waals surface area contributed by atoms with Gasteiger partial charge in [-0.3, -0.25) is 0 Å². The average molecular weight is 221 g/mol. The van der Waals surface area contributed by atoms with Crippen molar-refractivity contribution in [2.45, 2.75) is 11.4 Å². The lowest BCUT2D eigenvalue weighted by Crippen LogP contribution is -2.31. The lowest BCUT2D eigenvalue weighted by molar-refractivity contribution is 0.883. The Labute approximate surface area is 94.2 Å². The van der Waals surface area contributed by atoms with Crippen LogP contribution in [0.15, 0.2) is 48.2 Å². The summed E-state index contributed by atoms with van der Waals surface area (Å²) in [6, 6.07) is 9.99. The molecule has 1 aliphatic rings. The van der Waals surface area contributed by atoms with Crippen LogP contribution in [-0.4, -0.2) is 5.00 Å². The Bertz CT molecular complexity index is 419. The normalized spacial score (nSPS) is 25.7. The third-order valence-electron chi connectivity index (χ3n) is 2.34. The molecule has 1 aromatic carbocycles. The molecule has 0 amide bonds. The second-order valence-electron chi connectivity index (χ2n) is 3.76. The van der Waals surface area contributed by atoms with Crippen molar-refractivity contribution in [3.8, 4) is 0 Å². The Morgan fingerprint density at radius 1 is 1.13 bits per heavy atom. The van der Waals surface area contributed by atoms with Crippen LogP contribution in [0.5, 0.6) is 0 Å². The fourth-order valence-corrected chi connectivity index (χ4v) is 2.02. The SMILES string of the molecule is NC1=CC(N)(Cl)C=C(c2ccccc2)C1. The molecule has 1 atom stereocenters. The number of rotatable bonds is 1. The highest BCUT2D eigenvalue weighted by Crippen LogP contribution is 2.30. The summed E-state index contributed by atoms with van der Waals surface area (Å²) in [6.07, 6.45) is 4.23. The van der Waals surface area contributed by atoms with E-state index < -0.39 is 5.00 Å². The van der Waals surface area contributed by atoms with Crippen molar-refractivity contribution in [1.82, 2.24) is 0 Å². The fraction of sp³-hybridized carbons (Fsp3) is 0.167. The number of alkyl halides is 1. The lowest BCUT2D eigenvalue weighted by atomic mass is 9.94. The van der Waals surface area contributed by atoms with Crippen LogP contribution in [0.3, 0.4) is 0 Å². The maximum absolute atomic E-state index is 6.06. The van der Waals surface area contributed by atoms with E-state index in [2.05, 4.69) is 0 Å². The van der Waals surface area contributed by atoms with Gasteiger partial charge in [0.05, 0.1) is 0 Å². The molecule has 0 bridgehead atoms. The molecule has 3 heteroatoms. The summed E-state index contributed by atoms with van der Waals surface area (Å²) >= 11 is 6.06. The molecule has 2 nitrogen and oxygen atoms in total. The van der Waals surface area contributed by atoms with E-state index in [1.807, 2.05) is 36.4 Å². The summed E-state index contributed by atoms with van der Waals surface area (Å²) in [6.45, 7) is 0. The summed E-state index contributed by atoms with van der Waals surface area (Å²) in [5, 5.41) is 0. The average Bonchev–Trinajstić information content (AvgIpc) is 2.16. The Morgan fingerprint density at radius 2 is 1.80 bits per heavy atom. The molecular formula is C12H13ClN2. The maximum Gasteiger partial charge on any atom is 0.131 e. The predicted molar refractivity (Wildman–Crippen MR) is 64.1 cm³/mol. The monoisotopic (exact) mass is 220 g/mol. The molecule has 1 aliphatic carbocycles. The smallest absolute Gasteiger partial charge is 0.131 e. The number of nitrogens with two attached hydrogens (primary N) is 2. The first-order valence-corrected chi connectivity index (χ1v) is 5.17. The van der Waals surface area contributed by atoms with Crippen molar-refractivity contribution in [2.24, 2.45) is 11.5 Å². The molecule has 0 aromatic heterocycles. The first-order valence-electron chi connectivity index (χ1n) is 4.79. The molecule has 1 unspecified atom stereocenters. The van der Waals surface area contributed by atoms with E-state index in [-0.39, 0.29) is 0 Å². The summed E-state index contributed by atoms with van der Waals surface area (Å²) in [5.41, 5.74) is 14.5. The molecule has 2 rings (SSSR count). The largest absolute Gasteiger partial charge is 0.402 e. The van der Waals surface area contributed by atoms with Gasteiger partial charge in [-0.05, 0) is 23.3 Å². The van der Waals surface area contributed by atoms with Gasteiger partial charge < -0.3 is 11.5 Å². The second-order valence-corrected chi connectivity index (χ2v) is 4.41. The van der Waals surface area contributed by atoms with Crippen LogP contribution >= 0.6 is 11.6 Å². The van der Waals surface area contributed by atoms with Crippen molar-refractivity contribution in [1.29, 1.82) is 0 Å². The van der Waals surface area contributed by atoms with Crippen LogP contribution < -0.4 is 11.5 Å². The summed E-state index contributed by atoms with van der Waals surface area (Å²) in [7, 11) is 0. The third-order valence-corrected chi connectivity index (χ3v) is 2.56. The molecule has 0 aliphatic heterocycles. The van der Waals surface area contributed by atoms with Crippen molar-refractivity contribution in [3.63, 3.8) is 0 Å². The Morgan fingerprint density at radius 3 is 2.40 bits per heavy atom. The van der Waals surface area contributed by atoms with Gasteiger partial charge in [-0.15, -0.1) is 0 Å². The van der Waals surface area contributed by atoms with Gasteiger partial charge in [-0.1, -0.05) is 41.9 Å². The first-order chi connectivity index (χ1) is 7.07. The highest BCUT2D eigenvalue weighted by Gasteiger charge is 2.22. The van der Waals surface area contributed by atoms with E-state index >= 15 is 0 Å². The van der Waals surface area contributed by atoms with E-state index in [1.54, 1.807) is 6.08 Å². The van der Waals surface area contributed by atoms with E-state index in [0.29, 0.717) is 12.1 Å². The van der Waals surface area contributed by atoms with Gasteiger partial charge in [0.25, 0.3) is 0 Å². The van der Waals surface area contributed by atoms with Gasteiger partial charge in [0, 0.05) is 12.1 Å². The van der Waals surface area contributed by atoms with Crippen LogP contribution in [0.4, 0.5) is 0 Å². The molecular weight excluding hydrogens is 208 g/mol. The minimum Gasteiger partial charge on any atom is -0.402 e. The highest BCUT2D eigenvalue weighted by molar-refractivity contribution is 6.26. The molecule has 0 fully saturated rings. The minimum atomic E-state index is -0.951. The second kappa shape index (κ2) is 3.72. The maximum atomic E-state index is 6.06. The van der Waals surface area contributed by atoms with Crippen molar-refractivity contribution >= 4 is 17.2 Å². The van der Waals surface area contributed by atoms with E-state index in [4.69, 9.17) is 23.1 Å². The molecule has 78 valence electrons. The molecule has 0 heterocycles. The van der Waals surface area contributed by atoms with E-state index in [0.717, 1.165) is 11.1 Å². The van der Waals surface area contributed by atoms with Crippen LogP contribution in [-0.2, 0) is 0 Å². The van der Waals surface area contributed by atoms with E-state index in [9.17, 15) is 0 Å². The first kappa shape index (κ1) is 10.3. The number of hydrogen-bond donors (Lipinski definition) is 2. The standard InChI is InChI=1S/C12H13ClN2/c13-12(15)7-10(6-11(14)8-12)9-4-2-1-3-5-9/h1-5,7-8H,6,14-15H2. The van der Waals surface area contributed by atoms with Gasteiger partial charge >= 0.3 is 0 Å². The topological polar surface area (TPSA) is 52.0 Å². The van der Waals surface area contributed by atoms with E-state index in [1.165, 1.54) is 0 Å². The third kappa shape index (κ3) is 2.41. The molecule has 0 saturated carbocycles. The molecule has 0 spiro atoms. The molecule has 0 radical (unpaired) electrons. The predicted octanol–water partition coefficient (Wildman–Crippen LogP) is 2.21. The molecule has 1 aromatic rings. The Balaban J connectivity index is 2.37. The van der Waals surface area contributed by atoms with Gasteiger partial charge in [0.2, 0.25) is 0 Å². The van der Waals surface area contributed by atoms with Gasteiger partial charge in [-0.2, -0.15) is 0 Å². The zero-order valence-electron chi connectivity index (χ0n) is 8.28. The van der Waals surface area contributed by atoms with Crippen molar-refractivity contribution in [3.05, 3.63) is 53.7 Å². The zero-order chi connectivity index (χ0) is 10.9. The lowest BCUT2D eigenvalue weighted by Gasteiger charge is -2.22. The molecule has 0 saturated heterocycles. The summed E-state index contributed by atoms with van der Waals surface area (Å²) in [4.78, 5) is -0.951. The number of hydrogen-bond acceptors (Lipinski definition) is 2. The number of allylic oxidation sites excluding steroid dienone is 1. The quantitative estimate of drug-likeness (QED) is 0.563. The van der Waals surface area contributed by atoms with Gasteiger partial charge in [0.15, 0.2) is 0 Å². The van der Waals surface area contributed by atoms with Crippen molar-refractivity contribution in [2.75, 3.05) is 0 Å². The summed E-state index contributed by atoms with van der Waals surface area (Å²) in [5.74, 6) is 0. The van der Waals surface area contributed by atoms with Crippen LogP contribution in [0.1, 0.15) is 12.0 Å². The zero-order valence-corrected chi connectivity index (χ0v) is 9.04. The van der Waals surface area contributed by atoms with Crippen molar-refractivity contribution < 1.29 is 0 Å². The van der Waals surface area contributed by atoms with Crippen LogP contribution in [0, 0.1) is 0 Å². The van der Waals surface area contributed by atoms with Crippen LogP contribution in [0.2, 0.25) is 0 Å². The van der Waals surface area contributed by atoms with Gasteiger partial charge in [-0.25, -0.2) is 0 Å².